The van der Waals surface area contributed by atoms with Crippen LogP contribution in [0, 0.1) is 5.82 Å². The maximum Gasteiger partial charge on any atom is 0.222 e. The molecule has 0 bridgehead atoms. The second kappa shape index (κ2) is 10.7. The van der Waals surface area contributed by atoms with Crippen molar-refractivity contribution in [2.75, 3.05) is 11.9 Å². The molecule has 152 valence electrons. The summed E-state index contributed by atoms with van der Waals surface area (Å²) in [5, 5.41) is 6.06. The topological polar surface area (TPSA) is 45.2 Å². The van der Waals surface area contributed by atoms with Crippen LogP contribution in [0.15, 0.2) is 60.0 Å². The third-order valence-corrected chi connectivity index (χ3v) is 5.44. The van der Waals surface area contributed by atoms with Crippen molar-refractivity contribution in [2.24, 2.45) is 0 Å². The van der Waals surface area contributed by atoms with Crippen LogP contribution in [-0.2, 0) is 24.3 Å². The number of hydrogen-bond donors (Lipinski definition) is 1. The van der Waals surface area contributed by atoms with E-state index in [-0.39, 0.29) is 11.7 Å². The zero-order chi connectivity index (χ0) is 20.5. The van der Waals surface area contributed by atoms with Gasteiger partial charge in [-0.3, -0.25) is 4.79 Å². The van der Waals surface area contributed by atoms with E-state index in [1.807, 2.05) is 35.4 Å². The molecular formula is C23H26FN3OS. The van der Waals surface area contributed by atoms with E-state index in [0.29, 0.717) is 26.1 Å². The third kappa shape index (κ3) is 6.68. The fourth-order valence-corrected chi connectivity index (χ4v) is 3.71. The fraction of sp³-hybridized carbons (Fsp3) is 0.304. The molecule has 0 aliphatic heterocycles. The number of nitrogens with one attached hydrogen (secondary N) is 1. The number of benzene rings is 2. The molecule has 0 spiro atoms. The first-order valence-corrected chi connectivity index (χ1v) is 10.8. The molecule has 29 heavy (non-hydrogen) atoms. The van der Waals surface area contributed by atoms with Gasteiger partial charge < -0.3 is 10.2 Å². The van der Waals surface area contributed by atoms with E-state index in [2.05, 4.69) is 22.4 Å². The molecule has 6 heteroatoms. The molecule has 3 rings (SSSR count). The Morgan fingerprint density at radius 3 is 2.59 bits per heavy atom. The predicted octanol–water partition coefficient (Wildman–Crippen LogP) is 5.27. The van der Waals surface area contributed by atoms with Crippen molar-refractivity contribution in [3.05, 3.63) is 82.6 Å². The first-order valence-electron chi connectivity index (χ1n) is 9.88. The lowest BCUT2D eigenvalue weighted by atomic mass is 10.1. The second-order valence-electron chi connectivity index (χ2n) is 6.92. The number of thiazole rings is 1. The van der Waals surface area contributed by atoms with Crippen molar-refractivity contribution < 1.29 is 9.18 Å². The van der Waals surface area contributed by atoms with Gasteiger partial charge in [0.25, 0.3) is 0 Å². The van der Waals surface area contributed by atoms with Crippen LogP contribution in [0.5, 0.6) is 0 Å². The van der Waals surface area contributed by atoms with Crippen LogP contribution in [0.1, 0.15) is 36.6 Å². The second-order valence-corrected chi connectivity index (χ2v) is 7.78. The number of rotatable bonds is 10. The van der Waals surface area contributed by atoms with Crippen LogP contribution in [0.2, 0.25) is 0 Å². The van der Waals surface area contributed by atoms with E-state index >= 15 is 0 Å². The third-order valence-electron chi connectivity index (χ3n) is 4.59. The van der Waals surface area contributed by atoms with E-state index in [1.165, 1.54) is 29.0 Å². The number of carbonyl (C=O) groups excluding carboxylic acids is 1. The number of carbonyl (C=O) groups is 1. The summed E-state index contributed by atoms with van der Waals surface area (Å²) < 4.78 is 13.0. The van der Waals surface area contributed by atoms with E-state index in [0.717, 1.165) is 29.2 Å². The van der Waals surface area contributed by atoms with Crippen molar-refractivity contribution in [1.82, 2.24) is 9.88 Å². The molecule has 4 nitrogen and oxygen atoms in total. The molecule has 0 saturated heterocycles. The summed E-state index contributed by atoms with van der Waals surface area (Å²) in [6, 6.07) is 16.6. The highest BCUT2D eigenvalue weighted by Gasteiger charge is 2.15. The van der Waals surface area contributed by atoms with Gasteiger partial charge in [-0.05, 0) is 36.1 Å². The molecule has 1 N–H and O–H groups in total. The highest BCUT2D eigenvalue weighted by molar-refractivity contribution is 7.13. The lowest BCUT2D eigenvalue weighted by molar-refractivity contribution is -0.131. The Morgan fingerprint density at radius 1 is 1.10 bits per heavy atom. The summed E-state index contributed by atoms with van der Waals surface area (Å²) in [6.45, 7) is 3.80. The molecule has 1 amide bonds. The first-order chi connectivity index (χ1) is 14.1. The van der Waals surface area contributed by atoms with Crippen molar-refractivity contribution in [2.45, 2.75) is 39.3 Å². The van der Waals surface area contributed by atoms with Crippen LogP contribution in [0.25, 0.3) is 0 Å². The van der Waals surface area contributed by atoms with Gasteiger partial charge in [0.2, 0.25) is 5.91 Å². The normalized spacial score (nSPS) is 10.7. The lowest BCUT2D eigenvalue weighted by Gasteiger charge is -2.22. The zero-order valence-corrected chi connectivity index (χ0v) is 17.4. The van der Waals surface area contributed by atoms with E-state index in [9.17, 15) is 9.18 Å². The maximum atomic E-state index is 13.0. The minimum atomic E-state index is -0.238. The quantitative estimate of drug-likeness (QED) is 0.495. The summed E-state index contributed by atoms with van der Waals surface area (Å²) in [7, 11) is 0. The SMILES string of the molecule is CCCC(=O)N(CCc1ccccc1)Cc1csc(NCc2ccc(F)cc2)n1. The Morgan fingerprint density at radius 2 is 1.86 bits per heavy atom. The molecular weight excluding hydrogens is 385 g/mol. The summed E-state index contributed by atoms with van der Waals surface area (Å²) in [5.41, 5.74) is 3.10. The lowest BCUT2D eigenvalue weighted by Crippen LogP contribution is -2.32. The molecule has 0 aliphatic rings. The average Bonchev–Trinajstić information content (AvgIpc) is 3.19. The maximum absolute atomic E-state index is 13.0. The van der Waals surface area contributed by atoms with Crippen LogP contribution < -0.4 is 5.32 Å². The number of amides is 1. The Hall–Kier alpha value is -2.73. The number of hydrogen-bond acceptors (Lipinski definition) is 4. The monoisotopic (exact) mass is 411 g/mol. The van der Waals surface area contributed by atoms with E-state index < -0.39 is 0 Å². The van der Waals surface area contributed by atoms with E-state index in [4.69, 9.17) is 0 Å². The highest BCUT2D eigenvalue weighted by Crippen LogP contribution is 2.19. The van der Waals surface area contributed by atoms with Crippen molar-refractivity contribution in [3.8, 4) is 0 Å². The van der Waals surface area contributed by atoms with Crippen LogP contribution >= 0.6 is 11.3 Å². The van der Waals surface area contributed by atoms with Crippen LogP contribution in [-0.4, -0.2) is 22.3 Å². The van der Waals surface area contributed by atoms with Crippen molar-refractivity contribution in [3.63, 3.8) is 0 Å². The summed E-state index contributed by atoms with van der Waals surface area (Å²) >= 11 is 1.52. The number of nitrogens with zero attached hydrogens (tertiary/aromatic N) is 2. The number of anilines is 1. The molecule has 0 atom stereocenters. The van der Waals surface area contributed by atoms with Gasteiger partial charge in [-0.25, -0.2) is 9.37 Å². The summed E-state index contributed by atoms with van der Waals surface area (Å²) in [5.74, 6) is -0.0742. The van der Waals surface area contributed by atoms with Crippen LogP contribution in [0.4, 0.5) is 9.52 Å². The van der Waals surface area contributed by atoms with Gasteiger partial charge in [0.15, 0.2) is 5.13 Å². The number of aromatic nitrogens is 1. The molecule has 1 aromatic heterocycles. The molecule has 0 radical (unpaired) electrons. The molecule has 1 heterocycles. The molecule has 3 aromatic rings. The van der Waals surface area contributed by atoms with Gasteiger partial charge in [0.1, 0.15) is 5.82 Å². The standard InChI is InChI=1S/C23H26FN3OS/c1-2-6-22(28)27(14-13-18-7-4-3-5-8-18)16-21-17-29-23(26-21)25-15-19-9-11-20(24)12-10-19/h3-5,7-12,17H,2,6,13-16H2,1H3,(H,25,26). The van der Waals surface area contributed by atoms with Crippen molar-refractivity contribution in [1.29, 1.82) is 0 Å². The van der Waals surface area contributed by atoms with Gasteiger partial charge in [-0.1, -0.05) is 49.4 Å². The summed E-state index contributed by atoms with van der Waals surface area (Å²) in [6.07, 6.45) is 2.22. The van der Waals surface area contributed by atoms with Crippen molar-refractivity contribution >= 4 is 22.4 Å². The largest absolute Gasteiger partial charge is 0.357 e. The zero-order valence-electron chi connectivity index (χ0n) is 16.6. The van der Waals surface area contributed by atoms with Gasteiger partial charge >= 0.3 is 0 Å². The average molecular weight is 412 g/mol. The molecule has 2 aromatic carbocycles. The highest BCUT2D eigenvalue weighted by atomic mass is 32.1. The molecule has 0 fully saturated rings. The Bertz CT molecular complexity index is 896. The number of halogens is 1. The predicted molar refractivity (Wildman–Crippen MR) is 116 cm³/mol. The Labute approximate surface area is 175 Å². The van der Waals surface area contributed by atoms with Gasteiger partial charge in [-0.2, -0.15) is 0 Å². The minimum absolute atomic E-state index is 0.164. The Balaban J connectivity index is 1.58. The van der Waals surface area contributed by atoms with Crippen LogP contribution in [0.3, 0.4) is 0 Å². The fourth-order valence-electron chi connectivity index (χ4n) is 3.01. The smallest absolute Gasteiger partial charge is 0.222 e. The van der Waals surface area contributed by atoms with Gasteiger partial charge in [-0.15, -0.1) is 11.3 Å². The molecule has 0 saturated carbocycles. The summed E-state index contributed by atoms with van der Waals surface area (Å²) in [4.78, 5) is 19.1. The molecule has 0 aliphatic carbocycles. The van der Waals surface area contributed by atoms with E-state index in [1.54, 1.807) is 12.1 Å². The van der Waals surface area contributed by atoms with Gasteiger partial charge in [0, 0.05) is 24.9 Å². The van der Waals surface area contributed by atoms with Gasteiger partial charge in [0.05, 0.1) is 12.2 Å². The Kier molecular flexibility index (Phi) is 7.76. The first kappa shape index (κ1) is 21.0. The molecule has 0 unspecified atom stereocenters. The minimum Gasteiger partial charge on any atom is -0.357 e.